The van der Waals surface area contributed by atoms with Gasteiger partial charge in [0.05, 0.1) is 5.69 Å². The van der Waals surface area contributed by atoms with Gasteiger partial charge in [0, 0.05) is 12.1 Å². The Morgan fingerprint density at radius 1 is 1.14 bits per heavy atom. The molecule has 0 bridgehead atoms. The van der Waals surface area contributed by atoms with Crippen LogP contribution >= 0.6 is 0 Å². The van der Waals surface area contributed by atoms with Crippen molar-refractivity contribution in [1.82, 2.24) is 0 Å². The molecule has 78 valence electrons. The first-order chi connectivity index (χ1) is 6.29. The maximum Gasteiger partial charge on any atom is 0.242 e. The van der Waals surface area contributed by atoms with Gasteiger partial charge in [-0.05, 0) is 19.6 Å². The largest absolute Gasteiger partial charge is 0.542 e. The number of hydrogen-bond acceptors (Lipinski definition) is 2. The number of hydrogen-bond donors (Lipinski definition) is 1. The molecule has 0 atom stereocenters. The van der Waals surface area contributed by atoms with Crippen LogP contribution in [0.15, 0.2) is 12.1 Å². The smallest absolute Gasteiger partial charge is 0.242 e. The molecule has 0 radical (unpaired) electrons. The van der Waals surface area contributed by atoms with E-state index in [1.807, 2.05) is 19.6 Å². The molecular formula is C9H13F2NOSi. The third-order valence-corrected chi connectivity index (χ3v) is 2.30. The number of nitrogen functional groups attached to an aromatic ring is 1. The standard InChI is InChI=1S/C9H13F2NOSi/c1-14(2,3)13-9-5-8(12)6(10)4-7(9)11/h4-5H,12H2,1-3H3. The van der Waals surface area contributed by atoms with Crippen molar-refractivity contribution < 1.29 is 13.2 Å². The minimum Gasteiger partial charge on any atom is -0.542 e. The van der Waals surface area contributed by atoms with E-state index < -0.39 is 20.0 Å². The predicted octanol–water partition coefficient (Wildman–Crippen LogP) is 2.76. The summed E-state index contributed by atoms with van der Waals surface area (Å²) >= 11 is 0. The Bertz CT molecular complexity index is 349. The molecule has 0 aliphatic rings. The summed E-state index contributed by atoms with van der Waals surface area (Å²) in [6.45, 7) is 5.73. The molecule has 0 unspecified atom stereocenters. The molecule has 0 saturated heterocycles. The zero-order valence-electron chi connectivity index (χ0n) is 8.40. The van der Waals surface area contributed by atoms with E-state index in [4.69, 9.17) is 10.2 Å². The van der Waals surface area contributed by atoms with Crippen LogP contribution in [0.4, 0.5) is 14.5 Å². The molecule has 0 heterocycles. The summed E-state index contributed by atoms with van der Waals surface area (Å²) in [6, 6.07) is 1.92. The Hall–Kier alpha value is -1.10. The maximum atomic E-state index is 13.2. The molecule has 1 aromatic rings. The van der Waals surface area contributed by atoms with Gasteiger partial charge in [-0.25, -0.2) is 8.78 Å². The van der Waals surface area contributed by atoms with Crippen molar-refractivity contribution in [1.29, 1.82) is 0 Å². The van der Waals surface area contributed by atoms with Gasteiger partial charge >= 0.3 is 0 Å². The number of anilines is 1. The fourth-order valence-electron chi connectivity index (χ4n) is 0.953. The minimum atomic E-state index is -1.89. The Kier molecular flexibility index (Phi) is 2.80. The number of rotatable bonds is 2. The molecule has 0 amide bonds. The molecule has 1 aromatic carbocycles. The van der Waals surface area contributed by atoms with Crippen LogP contribution in [0.1, 0.15) is 0 Å². The molecule has 0 aromatic heterocycles. The van der Waals surface area contributed by atoms with E-state index in [2.05, 4.69) is 0 Å². The van der Waals surface area contributed by atoms with Crippen LogP contribution in [0.25, 0.3) is 0 Å². The Morgan fingerprint density at radius 3 is 2.21 bits per heavy atom. The van der Waals surface area contributed by atoms with Crippen molar-refractivity contribution in [3.8, 4) is 5.75 Å². The second-order valence-corrected chi connectivity index (χ2v) is 8.45. The van der Waals surface area contributed by atoms with Gasteiger partial charge in [0.1, 0.15) is 11.6 Å². The third kappa shape index (κ3) is 2.70. The molecule has 0 saturated carbocycles. The second kappa shape index (κ2) is 3.57. The topological polar surface area (TPSA) is 35.2 Å². The molecule has 5 heteroatoms. The van der Waals surface area contributed by atoms with Crippen molar-refractivity contribution in [2.24, 2.45) is 0 Å². The first-order valence-corrected chi connectivity index (χ1v) is 7.64. The van der Waals surface area contributed by atoms with Gasteiger partial charge in [-0.1, -0.05) is 0 Å². The van der Waals surface area contributed by atoms with Crippen LogP contribution < -0.4 is 10.2 Å². The van der Waals surface area contributed by atoms with Crippen molar-refractivity contribution in [3.05, 3.63) is 23.8 Å². The summed E-state index contributed by atoms with van der Waals surface area (Å²) < 4.78 is 31.3. The third-order valence-electron chi connectivity index (χ3n) is 1.47. The highest BCUT2D eigenvalue weighted by atomic mass is 28.4. The Morgan fingerprint density at radius 2 is 1.71 bits per heavy atom. The van der Waals surface area contributed by atoms with Gasteiger partial charge in [-0.2, -0.15) is 0 Å². The van der Waals surface area contributed by atoms with Gasteiger partial charge in [0.2, 0.25) is 8.32 Å². The van der Waals surface area contributed by atoms with Crippen LogP contribution in [0.3, 0.4) is 0 Å². The van der Waals surface area contributed by atoms with E-state index in [1.54, 1.807) is 0 Å². The second-order valence-electron chi connectivity index (χ2n) is 4.02. The lowest BCUT2D eigenvalue weighted by atomic mass is 10.3. The molecule has 2 nitrogen and oxygen atoms in total. The van der Waals surface area contributed by atoms with Crippen molar-refractivity contribution in [2.45, 2.75) is 19.6 Å². The quantitative estimate of drug-likeness (QED) is 0.610. The lowest BCUT2D eigenvalue weighted by molar-refractivity contribution is 0.488. The van der Waals surface area contributed by atoms with E-state index in [0.717, 1.165) is 6.07 Å². The van der Waals surface area contributed by atoms with Crippen molar-refractivity contribution in [3.63, 3.8) is 0 Å². The van der Waals surface area contributed by atoms with Crippen molar-refractivity contribution >= 4 is 14.0 Å². The monoisotopic (exact) mass is 217 g/mol. The van der Waals surface area contributed by atoms with Crippen LogP contribution in [-0.2, 0) is 0 Å². The fraction of sp³-hybridized carbons (Fsp3) is 0.333. The molecule has 14 heavy (non-hydrogen) atoms. The van der Waals surface area contributed by atoms with Gasteiger partial charge in [0.25, 0.3) is 0 Å². The normalized spacial score (nSPS) is 11.5. The van der Waals surface area contributed by atoms with Crippen LogP contribution in [-0.4, -0.2) is 8.32 Å². The molecule has 0 fully saturated rings. The number of halogens is 2. The molecule has 0 spiro atoms. The van der Waals surface area contributed by atoms with E-state index in [9.17, 15) is 8.78 Å². The summed E-state index contributed by atoms with van der Waals surface area (Å²) in [7, 11) is -1.89. The molecule has 0 aliphatic carbocycles. The van der Waals surface area contributed by atoms with Gasteiger partial charge in [0.15, 0.2) is 5.82 Å². The summed E-state index contributed by atoms with van der Waals surface area (Å²) in [5.74, 6) is -1.44. The first-order valence-electron chi connectivity index (χ1n) is 4.23. The van der Waals surface area contributed by atoms with Crippen LogP contribution in [0.2, 0.25) is 19.6 Å². The summed E-state index contributed by atoms with van der Waals surface area (Å²) in [4.78, 5) is 0. The highest BCUT2D eigenvalue weighted by molar-refractivity contribution is 6.70. The summed E-state index contributed by atoms with van der Waals surface area (Å²) in [5.41, 5.74) is 5.20. The Labute approximate surface area is 82.8 Å². The average molecular weight is 217 g/mol. The first kappa shape index (κ1) is 11.0. The van der Waals surface area contributed by atoms with E-state index in [1.165, 1.54) is 6.07 Å². The van der Waals surface area contributed by atoms with Crippen LogP contribution in [0.5, 0.6) is 5.75 Å². The summed E-state index contributed by atoms with van der Waals surface area (Å²) in [5, 5.41) is 0. The van der Waals surface area contributed by atoms with E-state index in [-0.39, 0.29) is 11.4 Å². The van der Waals surface area contributed by atoms with Gasteiger partial charge in [-0.3, -0.25) is 0 Å². The average Bonchev–Trinajstić information content (AvgIpc) is 1.97. The van der Waals surface area contributed by atoms with E-state index in [0.29, 0.717) is 0 Å². The fourth-order valence-corrected chi connectivity index (χ4v) is 1.77. The molecule has 1 rings (SSSR count). The molecule has 0 aliphatic heterocycles. The lowest BCUT2D eigenvalue weighted by Gasteiger charge is -2.19. The SMILES string of the molecule is C[Si](C)(C)Oc1cc(N)c(F)cc1F. The van der Waals surface area contributed by atoms with E-state index >= 15 is 0 Å². The zero-order chi connectivity index (χ0) is 10.9. The maximum absolute atomic E-state index is 13.2. The summed E-state index contributed by atoms with van der Waals surface area (Å²) in [6.07, 6.45) is 0. The number of nitrogens with two attached hydrogens (primary N) is 1. The lowest BCUT2D eigenvalue weighted by Crippen LogP contribution is -2.29. The predicted molar refractivity (Wildman–Crippen MR) is 54.7 cm³/mol. The highest BCUT2D eigenvalue weighted by Gasteiger charge is 2.19. The van der Waals surface area contributed by atoms with Crippen molar-refractivity contribution in [2.75, 3.05) is 5.73 Å². The molecular weight excluding hydrogens is 204 g/mol. The molecule has 2 N–H and O–H groups in total. The van der Waals surface area contributed by atoms with Gasteiger partial charge in [-0.15, -0.1) is 0 Å². The van der Waals surface area contributed by atoms with Crippen LogP contribution in [0, 0.1) is 11.6 Å². The highest BCUT2D eigenvalue weighted by Crippen LogP contribution is 2.25. The Balaban J connectivity index is 3.04. The number of benzene rings is 1. The zero-order valence-corrected chi connectivity index (χ0v) is 9.40. The van der Waals surface area contributed by atoms with Gasteiger partial charge < -0.3 is 10.2 Å². The minimum absolute atomic E-state index is 0.0306.